The van der Waals surface area contributed by atoms with Crippen LogP contribution in [0.2, 0.25) is 10.0 Å². The van der Waals surface area contributed by atoms with Crippen molar-refractivity contribution >= 4 is 46.6 Å². The second kappa shape index (κ2) is 9.99. The van der Waals surface area contributed by atoms with Crippen LogP contribution in [0.25, 0.3) is 17.1 Å². The first-order valence-electron chi connectivity index (χ1n) is 9.42. The van der Waals surface area contributed by atoms with Gasteiger partial charge in [0.05, 0.1) is 17.1 Å². The first kappa shape index (κ1) is 22.1. The molecule has 0 saturated heterocycles. The molecule has 162 valence electrons. The molecule has 11 heteroatoms. The molecule has 0 saturated carbocycles. The van der Waals surface area contributed by atoms with Gasteiger partial charge >= 0.3 is 0 Å². The van der Waals surface area contributed by atoms with E-state index in [0.29, 0.717) is 38.9 Å². The molecule has 32 heavy (non-hydrogen) atoms. The zero-order valence-corrected chi connectivity index (χ0v) is 19.0. The van der Waals surface area contributed by atoms with Gasteiger partial charge in [-0.1, -0.05) is 41.0 Å². The standard InChI is InChI=1S/C21H17Cl2N7OS/c1-2-9-29-20(14-3-5-15(22)6-4-14)27-28-21(29)32-11-19(31)26-17-10-16(23)7-8-18(17)30-13-24-12-25-30/h2-8,10,12-13H,1,9,11H2,(H,26,31). The lowest BCUT2D eigenvalue weighted by atomic mass is 10.2. The van der Waals surface area contributed by atoms with E-state index in [9.17, 15) is 4.79 Å². The Morgan fingerprint density at radius 3 is 2.62 bits per heavy atom. The molecule has 2 aromatic carbocycles. The van der Waals surface area contributed by atoms with Crippen LogP contribution in [-0.4, -0.2) is 41.2 Å². The van der Waals surface area contributed by atoms with Gasteiger partial charge in [0.1, 0.15) is 12.7 Å². The van der Waals surface area contributed by atoms with Crippen molar-refractivity contribution in [1.82, 2.24) is 29.5 Å². The lowest BCUT2D eigenvalue weighted by molar-refractivity contribution is -0.113. The monoisotopic (exact) mass is 485 g/mol. The van der Waals surface area contributed by atoms with E-state index in [4.69, 9.17) is 23.2 Å². The number of halogens is 2. The number of nitrogens with zero attached hydrogens (tertiary/aromatic N) is 6. The maximum absolute atomic E-state index is 12.7. The Labute approximate surface area is 198 Å². The molecule has 0 fully saturated rings. The maximum atomic E-state index is 12.7. The van der Waals surface area contributed by atoms with E-state index in [1.165, 1.54) is 18.1 Å². The summed E-state index contributed by atoms with van der Waals surface area (Å²) in [7, 11) is 0. The number of hydrogen-bond acceptors (Lipinski definition) is 6. The molecule has 0 spiro atoms. The Morgan fingerprint density at radius 1 is 1.12 bits per heavy atom. The van der Waals surface area contributed by atoms with Crippen molar-refractivity contribution in [2.45, 2.75) is 11.7 Å². The number of allylic oxidation sites excluding steroid dienone is 1. The maximum Gasteiger partial charge on any atom is 0.234 e. The largest absolute Gasteiger partial charge is 0.323 e. The molecule has 0 atom stereocenters. The van der Waals surface area contributed by atoms with E-state index < -0.39 is 0 Å². The van der Waals surface area contributed by atoms with Gasteiger partial charge in [-0.25, -0.2) is 9.67 Å². The number of nitrogens with one attached hydrogen (secondary N) is 1. The van der Waals surface area contributed by atoms with Crippen molar-refractivity contribution in [2.24, 2.45) is 0 Å². The van der Waals surface area contributed by atoms with Crippen LogP contribution in [0, 0.1) is 0 Å². The number of carbonyl (C=O) groups is 1. The predicted molar refractivity (Wildman–Crippen MR) is 126 cm³/mol. The van der Waals surface area contributed by atoms with Gasteiger partial charge in [0.15, 0.2) is 11.0 Å². The van der Waals surface area contributed by atoms with E-state index in [2.05, 4.69) is 32.2 Å². The van der Waals surface area contributed by atoms with Crippen molar-refractivity contribution in [3.05, 3.63) is 77.8 Å². The molecule has 2 aromatic heterocycles. The van der Waals surface area contributed by atoms with Gasteiger partial charge in [-0.3, -0.25) is 9.36 Å². The number of thioether (sulfide) groups is 1. The number of amides is 1. The summed E-state index contributed by atoms with van der Waals surface area (Å²) in [6.07, 6.45) is 4.72. The van der Waals surface area contributed by atoms with Crippen LogP contribution in [0.3, 0.4) is 0 Å². The summed E-state index contributed by atoms with van der Waals surface area (Å²) in [4.78, 5) is 16.6. The molecule has 0 aliphatic heterocycles. The first-order chi connectivity index (χ1) is 15.5. The van der Waals surface area contributed by atoms with Gasteiger partial charge in [-0.15, -0.1) is 16.8 Å². The van der Waals surface area contributed by atoms with Gasteiger partial charge < -0.3 is 5.32 Å². The molecule has 0 aliphatic rings. The number of aromatic nitrogens is 6. The Morgan fingerprint density at radius 2 is 1.91 bits per heavy atom. The van der Waals surface area contributed by atoms with Crippen molar-refractivity contribution < 1.29 is 4.79 Å². The fourth-order valence-corrected chi connectivity index (χ4v) is 4.00. The van der Waals surface area contributed by atoms with Gasteiger partial charge in [0.25, 0.3) is 0 Å². The quantitative estimate of drug-likeness (QED) is 0.286. The van der Waals surface area contributed by atoms with E-state index in [0.717, 1.165) is 5.56 Å². The van der Waals surface area contributed by atoms with Crippen LogP contribution < -0.4 is 5.32 Å². The summed E-state index contributed by atoms with van der Waals surface area (Å²) in [5, 5.41) is 17.3. The summed E-state index contributed by atoms with van der Waals surface area (Å²) in [6.45, 7) is 4.31. The lowest BCUT2D eigenvalue weighted by Crippen LogP contribution is -2.16. The summed E-state index contributed by atoms with van der Waals surface area (Å²) < 4.78 is 3.45. The van der Waals surface area contributed by atoms with Crippen LogP contribution in [0.1, 0.15) is 0 Å². The molecule has 4 aromatic rings. The number of carbonyl (C=O) groups excluding carboxylic acids is 1. The van der Waals surface area contributed by atoms with Crippen LogP contribution in [0.5, 0.6) is 0 Å². The normalized spacial score (nSPS) is 10.8. The van der Waals surface area contributed by atoms with Crippen molar-refractivity contribution in [3.8, 4) is 17.1 Å². The highest BCUT2D eigenvalue weighted by Gasteiger charge is 2.16. The van der Waals surface area contributed by atoms with Crippen LogP contribution in [-0.2, 0) is 11.3 Å². The highest BCUT2D eigenvalue weighted by molar-refractivity contribution is 7.99. The SMILES string of the molecule is C=CCn1c(SCC(=O)Nc2cc(Cl)ccc2-n2cncn2)nnc1-c1ccc(Cl)cc1. The van der Waals surface area contributed by atoms with E-state index in [-0.39, 0.29) is 11.7 Å². The molecule has 0 radical (unpaired) electrons. The third-order valence-electron chi connectivity index (χ3n) is 4.36. The third kappa shape index (κ3) is 5.01. The number of rotatable bonds is 8. The fourth-order valence-electron chi connectivity index (χ4n) is 2.96. The molecule has 1 amide bonds. The van der Waals surface area contributed by atoms with Crippen LogP contribution in [0.4, 0.5) is 5.69 Å². The smallest absolute Gasteiger partial charge is 0.234 e. The van der Waals surface area contributed by atoms with Crippen LogP contribution >= 0.6 is 35.0 Å². The zero-order chi connectivity index (χ0) is 22.5. The second-order valence-electron chi connectivity index (χ2n) is 6.55. The summed E-state index contributed by atoms with van der Waals surface area (Å²) in [5.74, 6) is 0.576. The van der Waals surface area contributed by atoms with Crippen LogP contribution in [0.15, 0.2) is 72.9 Å². The van der Waals surface area contributed by atoms with E-state index in [1.54, 1.807) is 47.4 Å². The minimum Gasteiger partial charge on any atom is -0.323 e. The second-order valence-corrected chi connectivity index (χ2v) is 8.37. The molecule has 0 aliphatic carbocycles. The minimum absolute atomic E-state index is 0.124. The Hall–Kier alpha value is -3.14. The average molecular weight is 486 g/mol. The molecule has 4 rings (SSSR count). The number of benzene rings is 2. The van der Waals surface area contributed by atoms with Gasteiger partial charge in [0.2, 0.25) is 5.91 Å². The summed E-state index contributed by atoms with van der Waals surface area (Å²) >= 11 is 13.4. The summed E-state index contributed by atoms with van der Waals surface area (Å²) in [5.41, 5.74) is 2.06. The molecule has 8 nitrogen and oxygen atoms in total. The molecule has 0 bridgehead atoms. The van der Waals surface area contributed by atoms with Gasteiger partial charge in [0, 0.05) is 22.2 Å². The van der Waals surface area contributed by atoms with Crippen molar-refractivity contribution in [3.63, 3.8) is 0 Å². The van der Waals surface area contributed by atoms with Crippen molar-refractivity contribution in [2.75, 3.05) is 11.1 Å². The molecule has 2 heterocycles. The Bertz CT molecular complexity index is 1240. The highest BCUT2D eigenvalue weighted by Crippen LogP contribution is 2.27. The minimum atomic E-state index is -0.222. The highest BCUT2D eigenvalue weighted by atomic mass is 35.5. The number of anilines is 1. The van der Waals surface area contributed by atoms with Gasteiger partial charge in [-0.2, -0.15) is 5.10 Å². The molecular formula is C21H17Cl2N7OS. The predicted octanol–water partition coefficient (Wildman–Crippen LogP) is 4.75. The average Bonchev–Trinajstić information content (AvgIpc) is 3.44. The Kier molecular flexibility index (Phi) is 6.89. The molecular weight excluding hydrogens is 469 g/mol. The first-order valence-corrected chi connectivity index (χ1v) is 11.2. The molecule has 0 unspecified atom stereocenters. The summed E-state index contributed by atoms with van der Waals surface area (Å²) in [6, 6.07) is 12.5. The van der Waals surface area contributed by atoms with Gasteiger partial charge in [-0.05, 0) is 42.5 Å². The number of hydrogen-bond donors (Lipinski definition) is 1. The Balaban J connectivity index is 1.50. The third-order valence-corrected chi connectivity index (χ3v) is 5.82. The fraction of sp³-hybridized carbons (Fsp3) is 0.0952. The van der Waals surface area contributed by atoms with Crippen molar-refractivity contribution in [1.29, 1.82) is 0 Å². The van der Waals surface area contributed by atoms with E-state index in [1.807, 2.05) is 16.7 Å². The molecule has 1 N–H and O–H groups in total. The lowest BCUT2D eigenvalue weighted by Gasteiger charge is -2.11. The van der Waals surface area contributed by atoms with E-state index >= 15 is 0 Å². The zero-order valence-electron chi connectivity index (χ0n) is 16.7. The topological polar surface area (TPSA) is 90.5 Å².